The minimum atomic E-state index is -1.05. The van der Waals surface area contributed by atoms with Gasteiger partial charge in [0.2, 0.25) is 0 Å². The van der Waals surface area contributed by atoms with Crippen LogP contribution in [0.25, 0.3) is 0 Å². The van der Waals surface area contributed by atoms with E-state index in [1.54, 1.807) is 0 Å². The molecule has 0 aliphatic carbocycles. The molecule has 0 aromatic heterocycles. The van der Waals surface area contributed by atoms with Crippen LogP contribution in [0.2, 0.25) is 5.02 Å². The fourth-order valence-electron chi connectivity index (χ4n) is 2.76. The van der Waals surface area contributed by atoms with Crippen molar-refractivity contribution >= 4 is 27.5 Å². The molecule has 0 spiro atoms. The van der Waals surface area contributed by atoms with Gasteiger partial charge in [-0.1, -0.05) is 64.8 Å². The molecule has 2 atom stereocenters. The fraction of sp³-hybridized carbons (Fsp3) is 0.333. The zero-order valence-corrected chi connectivity index (χ0v) is 14.9. The molecule has 0 saturated carbocycles. The minimum absolute atomic E-state index is 0.00972. The van der Waals surface area contributed by atoms with Crippen LogP contribution in [0.5, 0.6) is 0 Å². The van der Waals surface area contributed by atoms with Gasteiger partial charge >= 0.3 is 0 Å². The molecule has 3 N–H and O–H groups in total. The van der Waals surface area contributed by atoms with Gasteiger partial charge in [-0.15, -0.1) is 0 Å². The van der Waals surface area contributed by atoms with E-state index in [-0.39, 0.29) is 5.92 Å². The van der Waals surface area contributed by atoms with Gasteiger partial charge in [0, 0.05) is 21.5 Å². The highest BCUT2D eigenvalue weighted by atomic mass is 79.9. The van der Waals surface area contributed by atoms with Crippen LogP contribution >= 0.6 is 27.5 Å². The molecule has 22 heavy (non-hydrogen) atoms. The molecule has 4 heteroatoms. The standard InChI is InChI=1S/C18H21BrClNO/c1-13(9-10-21)18(22,12-14-5-3-2-4-6-14)16-11-15(19)7-8-17(16)20/h2-8,11,13,22H,9-10,12,21H2,1H3. The highest BCUT2D eigenvalue weighted by Crippen LogP contribution is 2.39. The van der Waals surface area contributed by atoms with Gasteiger partial charge in [-0.2, -0.15) is 0 Å². The third-order valence-corrected chi connectivity index (χ3v) is 4.95. The minimum Gasteiger partial charge on any atom is -0.384 e. The molecule has 2 aromatic rings. The topological polar surface area (TPSA) is 46.2 Å². The monoisotopic (exact) mass is 381 g/mol. The maximum Gasteiger partial charge on any atom is 0.0977 e. The number of rotatable bonds is 6. The Morgan fingerprint density at radius 3 is 2.55 bits per heavy atom. The maximum absolute atomic E-state index is 11.5. The highest BCUT2D eigenvalue weighted by molar-refractivity contribution is 9.10. The first kappa shape index (κ1) is 17.5. The maximum atomic E-state index is 11.5. The van der Waals surface area contributed by atoms with E-state index in [0.29, 0.717) is 18.0 Å². The van der Waals surface area contributed by atoms with Gasteiger partial charge in [-0.05, 0) is 42.6 Å². The van der Waals surface area contributed by atoms with E-state index in [2.05, 4.69) is 15.9 Å². The number of halogens is 2. The highest BCUT2D eigenvalue weighted by Gasteiger charge is 2.37. The van der Waals surface area contributed by atoms with Crippen molar-refractivity contribution in [3.8, 4) is 0 Å². The molecule has 0 fully saturated rings. The molecule has 0 radical (unpaired) electrons. The van der Waals surface area contributed by atoms with Crippen LogP contribution in [0, 0.1) is 5.92 Å². The van der Waals surface area contributed by atoms with Crippen LogP contribution in [0.4, 0.5) is 0 Å². The Bertz CT molecular complexity index is 620. The lowest BCUT2D eigenvalue weighted by atomic mass is 9.76. The largest absolute Gasteiger partial charge is 0.384 e. The molecule has 0 bridgehead atoms. The van der Waals surface area contributed by atoms with Crippen LogP contribution in [0.15, 0.2) is 53.0 Å². The van der Waals surface area contributed by atoms with Crippen molar-refractivity contribution < 1.29 is 5.11 Å². The Morgan fingerprint density at radius 2 is 1.91 bits per heavy atom. The molecule has 2 aromatic carbocycles. The lowest BCUT2D eigenvalue weighted by molar-refractivity contribution is -0.0194. The van der Waals surface area contributed by atoms with Crippen molar-refractivity contribution in [3.63, 3.8) is 0 Å². The summed E-state index contributed by atoms with van der Waals surface area (Å²) in [6.45, 7) is 2.55. The van der Waals surface area contributed by atoms with Crippen molar-refractivity contribution in [3.05, 3.63) is 69.2 Å². The lowest BCUT2D eigenvalue weighted by Crippen LogP contribution is -2.37. The number of aliphatic hydroxyl groups is 1. The van der Waals surface area contributed by atoms with Crippen molar-refractivity contribution in [2.24, 2.45) is 11.7 Å². The summed E-state index contributed by atoms with van der Waals surface area (Å²) >= 11 is 9.85. The van der Waals surface area contributed by atoms with Crippen LogP contribution in [-0.2, 0) is 12.0 Å². The Hall–Kier alpha value is -0.870. The predicted octanol–water partition coefficient (Wildman–Crippen LogP) is 4.52. The number of hydrogen-bond acceptors (Lipinski definition) is 2. The van der Waals surface area contributed by atoms with E-state index in [1.165, 1.54) is 0 Å². The molecule has 0 amide bonds. The molecule has 0 aliphatic rings. The average molecular weight is 383 g/mol. The quantitative estimate of drug-likeness (QED) is 0.771. The van der Waals surface area contributed by atoms with Gasteiger partial charge in [0.25, 0.3) is 0 Å². The van der Waals surface area contributed by atoms with E-state index in [0.717, 1.165) is 22.0 Å². The first-order chi connectivity index (χ1) is 10.5. The van der Waals surface area contributed by atoms with Crippen LogP contribution in [0.3, 0.4) is 0 Å². The van der Waals surface area contributed by atoms with Gasteiger partial charge < -0.3 is 10.8 Å². The first-order valence-corrected chi connectivity index (χ1v) is 8.56. The van der Waals surface area contributed by atoms with Crippen LogP contribution in [-0.4, -0.2) is 11.7 Å². The SMILES string of the molecule is CC(CCN)C(O)(Cc1ccccc1)c1cc(Br)ccc1Cl. The number of benzene rings is 2. The van der Waals surface area contributed by atoms with E-state index in [9.17, 15) is 5.11 Å². The van der Waals surface area contributed by atoms with Crippen LogP contribution in [0.1, 0.15) is 24.5 Å². The van der Waals surface area contributed by atoms with Crippen molar-refractivity contribution in [1.29, 1.82) is 0 Å². The van der Waals surface area contributed by atoms with Gasteiger partial charge in [-0.25, -0.2) is 0 Å². The first-order valence-electron chi connectivity index (χ1n) is 7.39. The Balaban J connectivity index is 2.47. The summed E-state index contributed by atoms with van der Waals surface area (Å²) in [5.74, 6) is -0.00972. The second kappa shape index (κ2) is 7.60. The molecule has 0 heterocycles. The van der Waals surface area contributed by atoms with Crippen molar-refractivity contribution in [1.82, 2.24) is 0 Å². The lowest BCUT2D eigenvalue weighted by Gasteiger charge is -2.36. The zero-order valence-electron chi connectivity index (χ0n) is 12.6. The third kappa shape index (κ3) is 3.90. The van der Waals surface area contributed by atoms with E-state index >= 15 is 0 Å². The summed E-state index contributed by atoms with van der Waals surface area (Å²) in [6.07, 6.45) is 1.23. The summed E-state index contributed by atoms with van der Waals surface area (Å²) in [5.41, 5.74) is 6.48. The normalized spacial score (nSPS) is 15.3. The average Bonchev–Trinajstić information content (AvgIpc) is 2.50. The van der Waals surface area contributed by atoms with Crippen molar-refractivity contribution in [2.45, 2.75) is 25.4 Å². The van der Waals surface area contributed by atoms with E-state index in [4.69, 9.17) is 17.3 Å². The van der Waals surface area contributed by atoms with Gasteiger partial charge in [0.1, 0.15) is 0 Å². The predicted molar refractivity (Wildman–Crippen MR) is 96.0 cm³/mol. The number of nitrogens with two attached hydrogens (primary N) is 1. The van der Waals surface area contributed by atoms with Gasteiger partial charge in [-0.3, -0.25) is 0 Å². The fourth-order valence-corrected chi connectivity index (χ4v) is 3.40. The smallest absolute Gasteiger partial charge is 0.0977 e. The van der Waals surface area contributed by atoms with E-state index < -0.39 is 5.60 Å². The Kier molecular flexibility index (Phi) is 6.04. The number of hydrogen-bond donors (Lipinski definition) is 2. The van der Waals surface area contributed by atoms with Gasteiger partial charge in [0.15, 0.2) is 0 Å². The molecule has 118 valence electrons. The van der Waals surface area contributed by atoms with Crippen molar-refractivity contribution in [2.75, 3.05) is 6.54 Å². The van der Waals surface area contributed by atoms with E-state index in [1.807, 2.05) is 55.5 Å². The summed E-state index contributed by atoms with van der Waals surface area (Å²) in [4.78, 5) is 0. The second-order valence-corrected chi connectivity index (χ2v) is 7.01. The summed E-state index contributed by atoms with van der Waals surface area (Å²) in [5, 5.41) is 12.1. The Morgan fingerprint density at radius 1 is 1.23 bits per heavy atom. The molecule has 0 aliphatic heterocycles. The Labute approximate surface area is 145 Å². The second-order valence-electron chi connectivity index (χ2n) is 5.69. The summed E-state index contributed by atoms with van der Waals surface area (Å²) < 4.78 is 0.901. The molecular formula is C18H21BrClNO. The molecule has 0 saturated heterocycles. The summed E-state index contributed by atoms with van der Waals surface area (Å²) in [6, 6.07) is 15.6. The van der Waals surface area contributed by atoms with Crippen LogP contribution < -0.4 is 5.73 Å². The summed E-state index contributed by atoms with van der Waals surface area (Å²) in [7, 11) is 0. The third-order valence-electron chi connectivity index (χ3n) is 4.13. The molecule has 2 rings (SSSR count). The molecular weight excluding hydrogens is 362 g/mol. The molecule has 2 nitrogen and oxygen atoms in total. The van der Waals surface area contributed by atoms with Gasteiger partial charge in [0.05, 0.1) is 5.60 Å². The zero-order chi connectivity index (χ0) is 16.2. The molecule has 2 unspecified atom stereocenters.